The third kappa shape index (κ3) is 75.9. The molecule has 61 heavy (non-hydrogen) atoms. The zero-order chi connectivity index (χ0) is 44.7. The second kappa shape index (κ2) is 62.5. The van der Waals surface area contributed by atoms with Gasteiger partial charge in [-0.25, -0.2) is 0 Å². The van der Waals surface area contributed by atoms with Crippen molar-refractivity contribution in [3.8, 4) is 0 Å². The molecule has 0 heterocycles. The van der Waals surface area contributed by atoms with Crippen molar-refractivity contribution in [2.75, 3.05) is 0 Å². The van der Waals surface area contributed by atoms with Crippen LogP contribution in [0.3, 0.4) is 0 Å². The van der Waals surface area contributed by atoms with Gasteiger partial charge in [0.05, 0.1) is 0 Å². The molecular weight excluding hydrogens is 797 g/mol. The fourth-order valence-electron chi connectivity index (χ4n) is 7.02. The SMILES string of the molecule is CCCCCCCC/C=C/CCCCCCCC(=O)[O-].CCCCCCCC/C=C/CCCCCCCC(=O)[O-].CCCCCCCC/C=C/CCCCCCCC(=O)[O-].[Cr+3]. The third-order valence-corrected chi connectivity index (χ3v) is 10.9. The van der Waals surface area contributed by atoms with Gasteiger partial charge in [-0.1, -0.05) is 211 Å². The van der Waals surface area contributed by atoms with Crippen molar-refractivity contribution in [2.45, 2.75) is 290 Å². The maximum atomic E-state index is 10.2. The molecule has 0 amide bonds. The second-order valence-electron chi connectivity index (χ2n) is 17.1. The number of unbranched alkanes of at least 4 members (excludes halogenated alkanes) is 33. The Bertz CT molecular complexity index is 827. The molecule has 0 aliphatic carbocycles. The van der Waals surface area contributed by atoms with Gasteiger partial charge >= 0.3 is 17.4 Å². The van der Waals surface area contributed by atoms with E-state index < -0.39 is 17.9 Å². The third-order valence-electron chi connectivity index (χ3n) is 10.9. The quantitative estimate of drug-likeness (QED) is 0.0443. The van der Waals surface area contributed by atoms with E-state index in [1.54, 1.807) is 0 Å². The van der Waals surface area contributed by atoms with Gasteiger partial charge < -0.3 is 29.7 Å². The van der Waals surface area contributed by atoms with Gasteiger partial charge in [-0.2, -0.15) is 0 Å². The first-order valence-corrected chi connectivity index (χ1v) is 25.9. The van der Waals surface area contributed by atoms with Crippen LogP contribution in [0.15, 0.2) is 36.5 Å². The number of carboxylic acid groups (broad SMARTS) is 3. The fraction of sp³-hybridized carbons (Fsp3) is 0.833. The van der Waals surface area contributed by atoms with Gasteiger partial charge in [0.2, 0.25) is 0 Å². The molecule has 0 aromatic rings. The van der Waals surface area contributed by atoms with Crippen LogP contribution < -0.4 is 15.3 Å². The van der Waals surface area contributed by atoms with E-state index in [0.29, 0.717) is 0 Å². The maximum Gasteiger partial charge on any atom is 3.00 e. The molecule has 0 aliphatic heterocycles. The Balaban J connectivity index is -0.000000396. The van der Waals surface area contributed by atoms with Crippen molar-refractivity contribution in [3.63, 3.8) is 0 Å². The Morgan fingerprint density at radius 1 is 0.262 bits per heavy atom. The van der Waals surface area contributed by atoms with Crippen LogP contribution in [0.2, 0.25) is 0 Å². The molecule has 0 aromatic carbocycles. The Hall–Kier alpha value is -1.84. The molecule has 1 radical (unpaired) electrons. The van der Waals surface area contributed by atoms with Gasteiger partial charge in [0.15, 0.2) is 0 Å². The predicted molar refractivity (Wildman–Crippen MR) is 253 cm³/mol. The fourth-order valence-corrected chi connectivity index (χ4v) is 7.02. The molecule has 7 heteroatoms. The first-order valence-electron chi connectivity index (χ1n) is 25.9. The summed E-state index contributed by atoms with van der Waals surface area (Å²) in [7, 11) is 0. The molecule has 0 bridgehead atoms. The summed E-state index contributed by atoms with van der Waals surface area (Å²) >= 11 is 0. The van der Waals surface area contributed by atoms with Crippen molar-refractivity contribution in [2.24, 2.45) is 0 Å². The van der Waals surface area contributed by atoms with Gasteiger partial charge in [0, 0.05) is 17.9 Å². The Morgan fingerprint density at radius 2 is 0.410 bits per heavy atom. The summed E-state index contributed by atoms with van der Waals surface area (Å²) in [4.78, 5) is 30.6. The molecular formula is C54H99CrO6. The van der Waals surface area contributed by atoms with E-state index in [1.807, 2.05) is 0 Å². The average Bonchev–Trinajstić information content (AvgIpc) is 3.22. The van der Waals surface area contributed by atoms with E-state index in [-0.39, 0.29) is 36.6 Å². The largest absolute Gasteiger partial charge is 3.00 e. The van der Waals surface area contributed by atoms with Crippen LogP contribution in [0.25, 0.3) is 0 Å². The van der Waals surface area contributed by atoms with Gasteiger partial charge in [-0.15, -0.1) is 0 Å². The van der Waals surface area contributed by atoms with Crippen molar-refractivity contribution >= 4 is 17.9 Å². The van der Waals surface area contributed by atoms with Crippen LogP contribution in [-0.2, 0) is 31.7 Å². The molecule has 0 saturated carbocycles. The van der Waals surface area contributed by atoms with Gasteiger partial charge in [0.1, 0.15) is 0 Å². The summed E-state index contributed by atoms with van der Waals surface area (Å²) in [6.07, 6.45) is 62.7. The van der Waals surface area contributed by atoms with Gasteiger partial charge in [-0.3, -0.25) is 0 Å². The number of hydrogen-bond donors (Lipinski definition) is 0. The normalized spacial score (nSPS) is 11.1. The first-order chi connectivity index (χ1) is 29.3. The molecule has 0 aliphatic rings. The summed E-state index contributed by atoms with van der Waals surface area (Å²) in [6, 6.07) is 0. The van der Waals surface area contributed by atoms with E-state index in [9.17, 15) is 29.7 Å². The monoisotopic (exact) mass is 896 g/mol. The number of allylic oxidation sites excluding steroid dienone is 6. The van der Waals surface area contributed by atoms with E-state index in [0.717, 1.165) is 57.8 Å². The topological polar surface area (TPSA) is 120 Å². The van der Waals surface area contributed by atoms with Crippen LogP contribution in [0.1, 0.15) is 290 Å². The summed E-state index contributed by atoms with van der Waals surface area (Å²) < 4.78 is 0. The molecule has 6 nitrogen and oxygen atoms in total. The number of carbonyl (C=O) groups excluding carboxylic acids is 3. The van der Waals surface area contributed by atoms with Crippen molar-refractivity contribution < 1.29 is 47.1 Å². The molecule has 0 unspecified atom stereocenters. The molecule has 0 fully saturated rings. The summed E-state index contributed by atoms with van der Waals surface area (Å²) in [5.74, 6) is -2.74. The molecule has 0 rings (SSSR count). The number of rotatable bonds is 45. The van der Waals surface area contributed by atoms with Gasteiger partial charge in [-0.05, 0) is 116 Å². The first kappa shape index (κ1) is 65.8. The zero-order valence-corrected chi connectivity index (χ0v) is 41.8. The second-order valence-corrected chi connectivity index (χ2v) is 17.1. The van der Waals surface area contributed by atoms with E-state index in [2.05, 4.69) is 57.2 Å². The zero-order valence-electron chi connectivity index (χ0n) is 40.5. The predicted octanol–water partition coefficient (Wildman–Crippen LogP) is 14.3. The smallest absolute Gasteiger partial charge is 0.550 e. The van der Waals surface area contributed by atoms with Crippen LogP contribution in [-0.4, -0.2) is 17.9 Å². The molecule has 0 aromatic heterocycles. The van der Waals surface area contributed by atoms with Crippen molar-refractivity contribution in [3.05, 3.63) is 36.5 Å². The summed E-state index contributed by atoms with van der Waals surface area (Å²) in [6.45, 7) is 6.77. The number of hydrogen-bond acceptors (Lipinski definition) is 6. The number of carbonyl (C=O) groups is 3. The van der Waals surface area contributed by atoms with Crippen LogP contribution in [0, 0.1) is 0 Å². The molecule has 0 spiro atoms. The summed E-state index contributed by atoms with van der Waals surface area (Å²) in [5.41, 5.74) is 0. The molecule has 0 saturated heterocycles. The standard InChI is InChI=1S/3C18H34O2.Cr/c3*1-2-3-4-5-6-7-8-9-10-11-12-13-14-15-16-17-18(19)20;/h3*9-10H,2-8,11-17H2,1H3,(H,19,20);/q;;;+3/p-3/b3*10-9+;. The maximum absolute atomic E-state index is 10.2. The van der Waals surface area contributed by atoms with Crippen LogP contribution in [0.4, 0.5) is 0 Å². The minimum absolute atomic E-state index is 0. The Kier molecular flexibility index (Phi) is 67.3. The van der Waals surface area contributed by atoms with Crippen molar-refractivity contribution in [1.82, 2.24) is 0 Å². The number of carboxylic acids is 3. The average molecular weight is 896 g/mol. The summed E-state index contributed by atoms with van der Waals surface area (Å²) in [5, 5.41) is 30.6. The molecule has 0 N–H and O–H groups in total. The van der Waals surface area contributed by atoms with E-state index in [1.165, 1.54) is 193 Å². The minimum Gasteiger partial charge on any atom is -0.550 e. The Morgan fingerprint density at radius 3 is 0.574 bits per heavy atom. The van der Waals surface area contributed by atoms with E-state index in [4.69, 9.17) is 0 Å². The van der Waals surface area contributed by atoms with Crippen LogP contribution >= 0.6 is 0 Å². The van der Waals surface area contributed by atoms with E-state index >= 15 is 0 Å². The molecule has 357 valence electrons. The molecule has 0 atom stereocenters. The minimum atomic E-state index is -0.914. The van der Waals surface area contributed by atoms with Gasteiger partial charge in [0.25, 0.3) is 0 Å². The van der Waals surface area contributed by atoms with Crippen LogP contribution in [0.5, 0.6) is 0 Å². The Labute approximate surface area is 390 Å². The number of aliphatic carboxylic acids is 3. The van der Waals surface area contributed by atoms with Crippen molar-refractivity contribution in [1.29, 1.82) is 0 Å².